The first-order valence-corrected chi connectivity index (χ1v) is 11.8. The van der Waals surface area contributed by atoms with Crippen molar-refractivity contribution in [2.75, 3.05) is 13.2 Å². The average molecular weight is 530 g/mol. The zero-order valence-electron chi connectivity index (χ0n) is 20.2. The maximum Gasteiger partial charge on any atom is 0.311 e. The van der Waals surface area contributed by atoms with Gasteiger partial charge in [-0.05, 0) is 76.8 Å². The van der Waals surface area contributed by atoms with E-state index in [0.717, 1.165) is 5.56 Å². The van der Waals surface area contributed by atoms with E-state index in [4.69, 9.17) is 9.47 Å². The zero-order chi connectivity index (χ0) is 23.3. The Morgan fingerprint density at radius 2 is 1.33 bits per heavy atom. The van der Waals surface area contributed by atoms with E-state index in [-0.39, 0.29) is 36.0 Å². The molecular formula is C25H39IO4. The van der Waals surface area contributed by atoms with Gasteiger partial charge in [0.1, 0.15) is 13.2 Å². The first-order valence-electron chi connectivity index (χ1n) is 10.8. The first-order chi connectivity index (χ1) is 13.6. The fraction of sp³-hybridized carbons (Fsp3) is 0.680. The third-order valence-electron chi connectivity index (χ3n) is 5.38. The first kappa shape index (κ1) is 26.9. The second-order valence-electron chi connectivity index (χ2n) is 10.6. The van der Waals surface area contributed by atoms with Crippen molar-refractivity contribution in [3.8, 4) is 0 Å². The van der Waals surface area contributed by atoms with E-state index >= 15 is 0 Å². The quantitative estimate of drug-likeness (QED) is 0.224. The number of benzene rings is 1. The van der Waals surface area contributed by atoms with Gasteiger partial charge in [0.05, 0.1) is 5.41 Å². The summed E-state index contributed by atoms with van der Waals surface area (Å²) in [5.41, 5.74) is 3.32. The van der Waals surface area contributed by atoms with Crippen molar-refractivity contribution < 1.29 is 19.1 Å². The minimum atomic E-state index is -0.510. The van der Waals surface area contributed by atoms with Crippen LogP contribution in [0.3, 0.4) is 0 Å². The summed E-state index contributed by atoms with van der Waals surface area (Å²) in [6.07, 6.45) is 1.64. The largest absolute Gasteiger partial charge is 0.462 e. The van der Waals surface area contributed by atoms with Crippen molar-refractivity contribution in [3.63, 3.8) is 0 Å². The van der Waals surface area contributed by atoms with Crippen molar-refractivity contribution in [2.24, 2.45) is 5.41 Å². The molecule has 0 unspecified atom stereocenters. The molecule has 0 saturated heterocycles. The second kappa shape index (κ2) is 10.5. The van der Waals surface area contributed by atoms with Crippen molar-refractivity contribution >= 4 is 34.5 Å². The normalized spacial score (nSPS) is 12.6. The highest BCUT2D eigenvalue weighted by Crippen LogP contribution is 2.36. The molecule has 0 heterocycles. The average Bonchev–Trinajstić information content (AvgIpc) is 2.62. The summed E-state index contributed by atoms with van der Waals surface area (Å²) in [5, 5.41) is 0. The molecule has 0 spiro atoms. The number of rotatable bonds is 8. The molecule has 0 aliphatic carbocycles. The third-order valence-corrected chi connectivity index (χ3v) is 6.54. The van der Waals surface area contributed by atoms with E-state index in [9.17, 15) is 9.59 Å². The smallest absolute Gasteiger partial charge is 0.311 e. The van der Waals surface area contributed by atoms with Crippen molar-refractivity contribution in [1.29, 1.82) is 0 Å². The standard InChI is InChI=1S/C25H39IO4/c1-10-25(8,9)22(28)30-14-13-29-20(27)12-11-17-15-18(23(2,3)4)21(26)19(16-17)24(5,6)7/h15-16H,10-14H2,1-9H3. The van der Waals surface area contributed by atoms with Crippen LogP contribution in [0.25, 0.3) is 0 Å². The number of ether oxygens (including phenoxy) is 2. The Morgan fingerprint density at radius 3 is 1.77 bits per heavy atom. The molecular weight excluding hydrogens is 491 g/mol. The van der Waals surface area contributed by atoms with E-state index in [1.165, 1.54) is 14.7 Å². The molecule has 1 aromatic rings. The Kier molecular flexibility index (Phi) is 9.40. The lowest BCUT2D eigenvalue weighted by molar-refractivity contribution is -0.159. The maximum atomic E-state index is 12.2. The Hall–Kier alpha value is -1.11. The van der Waals surface area contributed by atoms with Gasteiger partial charge in [0.2, 0.25) is 0 Å². The molecule has 0 aromatic heterocycles. The highest BCUT2D eigenvalue weighted by atomic mass is 127. The predicted molar refractivity (Wildman–Crippen MR) is 131 cm³/mol. The fourth-order valence-electron chi connectivity index (χ4n) is 2.87. The minimum absolute atomic E-state index is 0.0309. The number of halogens is 1. The van der Waals surface area contributed by atoms with Gasteiger partial charge in [-0.1, -0.05) is 60.6 Å². The van der Waals surface area contributed by atoms with Crippen LogP contribution < -0.4 is 0 Å². The van der Waals surface area contributed by atoms with Crippen LogP contribution in [0, 0.1) is 8.99 Å². The molecule has 0 atom stereocenters. The van der Waals surface area contributed by atoms with E-state index in [2.05, 4.69) is 76.3 Å². The summed E-state index contributed by atoms with van der Waals surface area (Å²) >= 11 is 2.45. The van der Waals surface area contributed by atoms with Crippen molar-refractivity contribution in [3.05, 3.63) is 32.4 Å². The molecule has 1 aromatic carbocycles. The van der Waals surface area contributed by atoms with Crippen LogP contribution in [0.4, 0.5) is 0 Å². The zero-order valence-corrected chi connectivity index (χ0v) is 22.4. The minimum Gasteiger partial charge on any atom is -0.462 e. The number of aryl methyl sites for hydroxylation is 1. The Morgan fingerprint density at radius 1 is 0.867 bits per heavy atom. The molecule has 1 rings (SSSR count). The monoisotopic (exact) mass is 530 g/mol. The highest BCUT2D eigenvalue weighted by Gasteiger charge is 2.27. The van der Waals surface area contributed by atoms with Crippen LogP contribution in [-0.4, -0.2) is 25.2 Å². The lowest BCUT2D eigenvalue weighted by Crippen LogP contribution is -2.27. The van der Waals surface area contributed by atoms with Gasteiger partial charge < -0.3 is 9.47 Å². The van der Waals surface area contributed by atoms with Gasteiger partial charge in [-0.2, -0.15) is 0 Å². The molecule has 170 valence electrons. The summed E-state index contributed by atoms with van der Waals surface area (Å²) < 4.78 is 11.8. The van der Waals surface area contributed by atoms with Crippen LogP contribution >= 0.6 is 22.6 Å². The number of carbonyl (C=O) groups is 2. The predicted octanol–water partition coefficient (Wildman–Crippen LogP) is 6.34. The molecule has 0 fully saturated rings. The van der Waals surface area contributed by atoms with Crippen LogP contribution in [0.15, 0.2) is 12.1 Å². The maximum absolute atomic E-state index is 12.2. The summed E-state index contributed by atoms with van der Waals surface area (Å²) in [5.74, 6) is -0.529. The highest BCUT2D eigenvalue weighted by molar-refractivity contribution is 14.1. The summed E-state index contributed by atoms with van der Waals surface area (Å²) in [7, 11) is 0. The van der Waals surface area contributed by atoms with Crippen molar-refractivity contribution in [1.82, 2.24) is 0 Å². The van der Waals surface area contributed by atoms with E-state index in [0.29, 0.717) is 19.3 Å². The topological polar surface area (TPSA) is 52.6 Å². The summed E-state index contributed by atoms with van der Waals surface area (Å²) in [4.78, 5) is 24.1. The van der Waals surface area contributed by atoms with E-state index in [1.54, 1.807) is 0 Å². The SMILES string of the molecule is CCC(C)(C)C(=O)OCCOC(=O)CCc1cc(C(C)(C)C)c(I)c(C(C)(C)C)c1. The molecule has 0 aliphatic rings. The Labute approximate surface area is 196 Å². The van der Waals surface area contributed by atoms with Gasteiger partial charge in [0.15, 0.2) is 0 Å². The third kappa shape index (κ3) is 7.86. The number of esters is 2. The summed E-state index contributed by atoms with van der Waals surface area (Å²) in [6.45, 7) is 19.1. The van der Waals surface area contributed by atoms with Crippen molar-refractivity contribution in [2.45, 2.75) is 92.4 Å². The van der Waals surface area contributed by atoms with Gasteiger partial charge in [0.25, 0.3) is 0 Å². The van der Waals surface area contributed by atoms with Crippen LogP contribution in [0.1, 0.15) is 91.8 Å². The van der Waals surface area contributed by atoms with Gasteiger partial charge >= 0.3 is 11.9 Å². The fourth-order valence-corrected chi connectivity index (χ4v) is 4.80. The van der Waals surface area contributed by atoms with Crippen LogP contribution in [0.2, 0.25) is 0 Å². The molecule has 0 bridgehead atoms. The van der Waals surface area contributed by atoms with Gasteiger partial charge in [0, 0.05) is 9.99 Å². The molecule has 0 amide bonds. The second-order valence-corrected chi connectivity index (χ2v) is 11.7. The number of carbonyl (C=O) groups excluding carboxylic acids is 2. The van der Waals surface area contributed by atoms with E-state index in [1.807, 2.05) is 20.8 Å². The molecule has 30 heavy (non-hydrogen) atoms. The Balaban J connectivity index is 2.72. The molecule has 4 nitrogen and oxygen atoms in total. The van der Waals surface area contributed by atoms with Gasteiger partial charge in [-0.15, -0.1) is 0 Å². The van der Waals surface area contributed by atoms with Gasteiger partial charge in [-0.3, -0.25) is 9.59 Å². The van der Waals surface area contributed by atoms with E-state index < -0.39 is 5.41 Å². The number of hydrogen-bond acceptors (Lipinski definition) is 4. The molecule has 0 saturated carbocycles. The lowest BCUT2D eigenvalue weighted by Gasteiger charge is -2.29. The van der Waals surface area contributed by atoms with Crippen LogP contribution in [0.5, 0.6) is 0 Å². The molecule has 0 radical (unpaired) electrons. The Bertz CT molecular complexity index is 716. The molecule has 0 N–H and O–H groups in total. The van der Waals surface area contributed by atoms with Gasteiger partial charge in [-0.25, -0.2) is 0 Å². The molecule has 5 heteroatoms. The summed E-state index contributed by atoms with van der Waals surface area (Å²) in [6, 6.07) is 4.44. The number of hydrogen-bond donors (Lipinski definition) is 0. The molecule has 0 aliphatic heterocycles. The van der Waals surface area contributed by atoms with Crippen LogP contribution in [-0.2, 0) is 36.3 Å². The lowest BCUT2D eigenvalue weighted by atomic mass is 9.79.